The van der Waals surface area contributed by atoms with Gasteiger partial charge in [0.25, 0.3) is 0 Å². The van der Waals surface area contributed by atoms with Crippen molar-refractivity contribution in [2.45, 2.75) is 33.1 Å². The first-order chi connectivity index (χ1) is 24.2. The SMILES string of the molecule is Cc1ccnc2c(-c3[c-]c(-c4nc5c(-c6c(O)ccc7c6oc6ccccc67)cccc5s4)cc(-c4ccccc4)c3)cc(C(C)(C)C)cc12.[Pt]. The second-order valence-electron chi connectivity index (χ2n) is 14.0. The number of nitrogens with zero attached hydrogens (tertiary/aromatic N) is 2. The van der Waals surface area contributed by atoms with E-state index in [1.54, 1.807) is 17.4 Å². The second kappa shape index (κ2) is 12.6. The molecule has 6 heteroatoms. The molecule has 1 N–H and O–H groups in total. The van der Waals surface area contributed by atoms with E-state index in [1.165, 1.54) is 11.1 Å². The number of phenols is 1. The first-order valence-electron chi connectivity index (χ1n) is 16.8. The van der Waals surface area contributed by atoms with Gasteiger partial charge in [-0.1, -0.05) is 110 Å². The van der Waals surface area contributed by atoms with Gasteiger partial charge in [0.1, 0.15) is 16.9 Å². The molecule has 0 radical (unpaired) electrons. The Bertz CT molecular complexity index is 2780. The Labute approximate surface area is 314 Å². The van der Waals surface area contributed by atoms with Gasteiger partial charge in [-0.25, -0.2) is 0 Å². The fraction of sp³-hybridized carbons (Fsp3) is 0.111. The van der Waals surface area contributed by atoms with Gasteiger partial charge in [-0.3, -0.25) is 9.97 Å². The second-order valence-corrected chi connectivity index (χ2v) is 15.0. The number of aromatic nitrogens is 2. The molecule has 4 nitrogen and oxygen atoms in total. The van der Waals surface area contributed by atoms with Gasteiger partial charge in [0.15, 0.2) is 0 Å². The van der Waals surface area contributed by atoms with Crippen LogP contribution in [0.2, 0.25) is 0 Å². The van der Waals surface area contributed by atoms with Gasteiger partial charge < -0.3 is 9.52 Å². The summed E-state index contributed by atoms with van der Waals surface area (Å²) >= 11 is 1.63. The number of rotatable bonds is 4. The van der Waals surface area contributed by atoms with Crippen LogP contribution in [-0.4, -0.2) is 15.1 Å². The largest absolute Gasteiger partial charge is 0.507 e. The minimum absolute atomic E-state index is 0. The summed E-state index contributed by atoms with van der Waals surface area (Å²) in [6.45, 7) is 8.91. The Hall–Kier alpha value is -5.09. The van der Waals surface area contributed by atoms with E-state index in [4.69, 9.17) is 14.4 Å². The van der Waals surface area contributed by atoms with Crippen molar-refractivity contribution in [1.82, 2.24) is 9.97 Å². The molecule has 0 aliphatic heterocycles. The molecule has 0 aliphatic rings. The maximum absolute atomic E-state index is 11.3. The molecule has 0 saturated heterocycles. The van der Waals surface area contributed by atoms with Gasteiger partial charge in [-0.15, -0.1) is 23.8 Å². The minimum atomic E-state index is -0.0528. The van der Waals surface area contributed by atoms with Gasteiger partial charge >= 0.3 is 0 Å². The molecule has 0 unspecified atom stereocenters. The third kappa shape index (κ3) is 5.66. The van der Waals surface area contributed by atoms with Crippen molar-refractivity contribution in [1.29, 1.82) is 0 Å². The molecule has 3 heterocycles. The van der Waals surface area contributed by atoms with Crippen LogP contribution in [0.25, 0.3) is 87.0 Å². The van der Waals surface area contributed by atoms with Gasteiger partial charge in [-0.2, -0.15) is 11.3 Å². The average molecular weight is 861 g/mol. The molecular formula is C45H33N2O2PtS-. The standard InChI is InChI=1S/C45H33N2O2S.Pt/c1-26-19-20-46-41-35(26)24-31(45(2,3)4)25-36(41)29-21-28(27-11-6-5-7-12-27)22-30(23-29)44-47-42-34(14-10-16-39(42)50-44)40-37(48)18-17-33-32-13-8-9-15-38(32)49-43(33)40;/h5-22,24-25,48H,1-4H3;/q-1;. The molecule has 0 aliphatic carbocycles. The van der Waals surface area contributed by atoms with Gasteiger partial charge in [0.05, 0.1) is 16.1 Å². The van der Waals surface area contributed by atoms with Crippen molar-refractivity contribution in [2.24, 2.45) is 0 Å². The molecular weight excluding hydrogens is 828 g/mol. The Balaban J connectivity index is 0.00000374. The number of aromatic hydroxyl groups is 1. The van der Waals surface area contributed by atoms with Gasteiger partial charge in [0.2, 0.25) is 0 Å². The molecule has 51 heavy (non-hydrogen) atoms. The quantitative estimate of drug-likeness (QED) is 0.179. The van der Waals surface area contributed by atoms with Crippen molar-refractivity contribution < 1.29 is 30.6 Å². The molecule has 252 valence electrons. The first-order valence-corrected chi connectivity index (χ1v) is 17.6. The van der Waals surface area contributed by atoms with E-state index in [0.29, 0.717) is 11.1 Å². The van der Waals surface area contributed by atoms with E-state index in [2.05, 4.69) is 94.4 Å². The van der Waals surface area contributed by atoms with Crippen LogP contribution in [0.5, 0.6) is 5.75 Å². The Morgan fingerprint density at radius 2 is 1.49 bits per heavy atom. The van der Waals surface area contributed by atoms with Crippen molar-refractivity contribution in [3.63, 3.8) is 0 Å². The predicted octanol–water partition coefficient (Wildman–Crippen LogP) is 12.5. The molecule has 0 saturated carbocycles. The molecule has 0 atom stereocenters. The van der Waals surface area contributed by atoms with Crippen LogP contribution in [0.3, 0.4) is 0 Å². The van der Waals surface area contributed by atoms with Crippen molar-refractivity contribution in [3.8, 4) is 49.7 Å². The van der Waals surface area contributed by atoms with Crippen molar-refractivity contribution in [3.05, 3.63) is 139 Å². The normalized spacial score (nSPS) is 11.8. The summed E-state index contributed by atoms with van der Waals surface area (Å²) in [7, 11) is 0. The summed E-state index contributed by atoms with van der Waals surface area (Å²) < 4.78 is 7.39. The number of thiazole rings is 1. The van der Waals surface area contributed by atoms with Crippen LogP contribution < -0.4 is 0 Å². The number of hydrogen-bond acceptors (Lipinski definition) is 5. The zero-order chi connectivity index (χ0) is 34.1. The van der Waals surface area contributed by atoms with E-state index in [-0.39, 0.29) is 32.2 Å². The number of para-hydroxylation sites is 2. The number of furan rings is 1. The van der Waals surface area contributed by atoms with Crippen LogP contribution >= 0.6 is 11.3 Å². The fourth-order valence-electron chi connectivity index (χ4n) is 6.96. The molecule has 9 aromatic rings. The molecule has 0 spiro atoms. The number of pyridine rings is 1. The summed E-state index contributed by atoms with van der Waals surface area (Å²) in [6.07, 6.45) is 1.90. The number of hydrogen-bond donors (Lipinski definition) is 1. The molecule has 6 aromatic carbocycles. The van der Waals surface area contributed by atoms with Crippen molar-refractivity contribution in [2.75, 3.05) is 0 Å². The maximum atomic E-state index is 11.3. The zero-order valence-corrected chi connectivity index (χ0v) is 31.6. The minimum Gasteiger partial charge on any atom is -0.507 e. The molecule has 0 amide bonds. The van der Waals surface area contributed by atoms with Crippen LogP contribution in [0.4, 0.5) is 0 Å². The Kier molecular flexibility index (Phi) is 8.17. The van der Waals surface area contributed by atoms with Gasteiger partial charge in [-0.05, 0) is 64.7 Å². The monoisotopic (exact) mass is 860 g/mol. The van der Waals surface area contributed by atoms with Crippen molar-refractivity contribution >= 4 is 54.4 Å². The molecule has 9 rings (SSSR count). The summed E-state index contributed by atoms with van der Waals surface area (Å²) in [6, 6.07) is 43.1. The summed E-state index contributed by atoms with van der Waals surface area (Å²) in [5, 5.41) is 15.3. The van der Waals surface area contributed by atoms with E-state index < -0.39 is 0 Å². The Morgan fingerprint density at radius 3 is 2.31 bits per heavy atom. The van der Waals surface area contributed by atoms with Crippen LogP contribution in [0, 0.1) is 13.0 Å². The number of aryl methyl sites for hydroxylation is 1. The predicted molar refractivity (Wildman–Crippen MR) is 208 cm³/mol. The number of benzene rings is 6. The Morgan fingerprint density at radius 1 is 0.706 bits per heavy atom. The van der Waals surface area contributed by atoms with E-state index in [9.17, 15) is 5.11 Å². The third-order valence-corrected chi connectivity index (χ3v) is 10.7. The maximum Gasteiger partial charge on any atom is 0.147 e. The summed E-state index contributed by atoms with van der Waals surface area (Å²) in [5.41, 5.74) is 12.2. The smallest absolute Gasteiger partial charge is 0.147 e. The molecule has 3 aromatic heterocycles. The fourth-order valence-corrected chi connectivity index (χ4v) is 7.92. The summed E-state index contributed by atoms with van der Waals surface area (Å²) in [5.74, 6) is 0.159. The van der Waals surface area contributed by atoms with Crippen LogP contribution in [-0.2, 0) is 26.5 Å². The number of fused-ring (bicyclic) bond motifs is 5. The number of phenolic OH excluding ortho intramolecular Hbond substituents is 1. The van der Waals surface area contributed by atoms with Crippen LogP contribution in [0.15, 0.2) is 126 Å². The summed E-state index contributed by atoms with van der Waals surface area (Å²) in [4.78, 5) is 10.2. The van der Waals surface area contributed by atoms with Crippen LogP contribution in [0.1, 0.15) is 31.9 Å². The third-order valence-electron chi connectivity index (χ3n) is 9.64. The van der Waals surface area contributed by atoms with Gasteiger partial charge in [0, 0.05) is 53.8 Å². The average Bonchev–Trinajstić information content (AvgIpc) is 3.73. The topological polar surface area (TPSA) is 59.2 Å². The van der Waals surface area contributed by atoms with E-state index in [0.717, 1.165) is 75.9 Å². The van der Waals surface area contributed by atoms with E-state index in [1.807, 2.05) is 54.7 Å². The molecule has 0 bridgehead atoms. The zero-order valence-electron chi connectivity index (χ0n) is 28.5. The molecule has 0 fully saturated rings. The first kappa shape index (κ1) is 33.1. The van der Waals surface area contributed by atoms with E-state index >= 15 is 0 Å².